The first-order chi connectivity index (χ1) is 2.91. The zero-order valence-corrected chi connectivity index (χ0v) is 3.72. The van der Waals surface area contributed by atoms with E-state index in [9.17, 15) is 0 Å². The van der Waals surface area contributed by atoms with Crippen molar-refractivity contribution in [3.8, 4) is 0 Å². The zero-order valence-electron chi connectivity index (χ0n) is 3.72. The lowest BCUT2D eigenvalue weighted by molar-refractivity contribution is 1.20. The van der Waals surface area contributed by atoms with E-state index in [4.69, 9.17) is 11.5 Å². The SMILES string of the molecule is NC/C=C\CN. The van der Waals surface area contributed by atoms with Gasteiger partial charge in [-0.2, -0.15) is 0 Å². The van der Waals surface area contributed by atoms with Gasteiger partial charge < -0.3 is 11.5 Å². The lowest BCUT2D eigenvalue weighted by Gasteiger charge is -1.74. The summed E-state index contributed by atoms with van der Waals surface area (Å²) in [5.74, 6) is 0. The van der Waals surface area contributed by atoms with Crippen molar-refractivity contribution in [2.45, 2.75) is 0 Å². The molecule has 6 heavy (non-hydrogen) atoms. The monoisotopic (exact) mass is 86.1 g/mol. The molecule has 0 unspecified atom stereocenters. The third-order valence-electron chi connectivity index (χ3n) is 0.439. The van der Waals surface area contributed by atoms with Crippen LogP contribution in [0.5, 0.6) is 0 Å². The van der Waals surface area contributed by atoms with Crippen LogP contribution in [0.1, 0.15) is 0 Å². The molecule has 0 aromatic rings. The van der Waals surface area contributed by atoms with Gasteiger partial charge in [-0.25, -0.2) is 0 Å². The molecule has 0 aliphatic rings. The highest BCUT2D eigenvalue weighted by molar-refractivity contribution is 4.82. The van der Waals surface area contributed by atoms with Crippen molar-refractivity contribution in [2.24, 2.45) is 11.5 Å². The third-order valence-corrected chi connectivity index (χ3v) is 0.439. The largest absolute Gasteiger partial charge is 0.327 e. The summed E-state index contributed by atoms with van der Waals surface area (Å²) < 4.78 is 0. The van der Waals surface area contributed by atoms with Crippen molar-refractivity contribution in [3.05, 3.63) is 12.2 Å². The first-order valence-electron chi connectivity index (χ1n) is 1.97. The van der Waals surface area contributed by atoms with Crippen LogP contribution < -0.4 is 11.5 Å². The lowest BCUT2D eigenvalue weighted by Crippen LogP contribution is -1.97. The molecule has 0 heterocycles. The van der Waals surface area contributed by atoms with Crippen LogP contribution in [-0.4, -0.2) is 13.1 Å². The third kappa shape index (κ3) is 3.66. The molecule has 0 spiro atoms. The molecule has 0 saturated heterocycles. The van der Waals surface area contributed by atoms with Gasteiger partial charge in [0.25, 0.3) is 0 Å². The quantitative estimate of drug-likeness (QED) is 0.443. The zero-order chi connectivity index (χ0) is 4.83. The Labute approximate surface area is 37.8 Å². The van der Waals surface area contributed by atoms with Gasteiger partial charge in [0.15, 0.2) is 0 Å². The standard InChI is InChI=1S/C4H10N2/c5-3-1-2-4-6/h1-2H,3-6H2/b2-1-. The highest BCUT2D eigenvalue weighted by atomic mass is 14.5. The average Bonchev–Trinajstić information content (AvgIpc) is 1.61. The summed E-state index contributed by atoms with van der Waals surface area (Å²) >= 11 is 0. The first-order valence-corrected chi connectivity index (χ1v) is 1.97. The van der Waals surface area contributed by atoms with Gasteiger partial charge in [-0.3, -0.25) is 0 Å². The van der Waals surface area contributed by atoms with E-state index in [2.05, 4.69) is 0 Å². The second kappa shape index (κ2) is 4.66. The minimum atomic E-state index is 0.594. The molecule has 0 bridgehead atoms. The van der Waals surface area contributed by atoms with Crippen LogP contribution in [0.25, 0.3) is 0 Å². The van der Waals surface area contributed by atoms with Crippen molar-refractivity contribution >= 4 is 0 Å². The van der Waals surface area contributed by atoms with E-state index >= 15 is 0 Å². The summed E-state index contributed by atoms with van der Waals surface area (Å²) in [4.78, 5) is 0. The maximum Gasteiger partial charge on any atom is 0.0107 e. The van der Waals surface area contributed by atoms with Gasteiger partial charge in [-0.15, -0.1) is 0 Å². The van der Waals surface area contributed by atoms with Gasteiger partial charge >= 0.3 is 0 Å². The normalized spacial score (nSPS) is 10.3. The summed E-state index contributed by atoms with van der Waals surface area (Å²) in [5.41, 5.74) is 10.1. The van der Waals surface area contributed by atoms with Crippen LogP contribution in [0.15, 0.2) is 12.2 Å². The van der Waals surface area contributed by atoms with Crippen molar-refractivity contribution < 1.29 is 0 Å². The van der Waals surface area contributed by atoms with Crippen LogP contribution in [-0.2, 0) is 0 Å². The Morgan fingerprint density at radius 3 is 1.50 bits per heavy atom. The van der Waals surface area contributed by atoms with Crippen LogP contribution in [0.4, 0.5) is 0 Å². The molecule has 2 heteroatoms. The molecular formula is C4H10N2. The molecule has 0 aliphatic carbocycles. The molecule has 2 nitrogen and oxygen atoms in total. The van der Waals surface area contributed by atoms with Gasteiger partial charge in [0, 0.05) is 13.1 Å². The van der Waals surface area contributed by atoms with Crippen LogP contribution in [0.2, 0.25) is 0 Å². The topological polar surface area (TPSA) is 52.0 Å². The average molecular weight is 86.1 g/mol. The number of rotatable bonds is 2. The fourth-order valence-electron chi connectivity index (χ4n) is 0.192. The summed E-state index contributed by atoms with van der Waals surface area (Å²) in [6.45, 7) is 1.19. The summed E-state index contributed by atoms with van der Waals surface area (Å²) in [6.07, 6.45) is 3.67. The molecule has 0 amide bonds. The van der Waals surface area contributed by atoms with E-state index in [1.54, 1.807) is 0 Å². The van der Waals surface area contributed by atoms with Gasteiger partial charge in [0.05, 0.1) is 0 Å². The van der Waals surface area contributed by atoms with Crippen LogP contribution in [0.3, 0.4) is 0 Å². The second-order valence-corrected chi connectivity index (χ2v) is 0.943. The van der Waals surface area contributed by atoms with Gasteiger partial charge in [-0.1, -0.05) is 12.2 Å². The summed E-state index contributed by atoms with van der Waals surface area (Å²) in [5, 5.41) is 0. The fraction of sp³-hybridized carbons (Fsp3) is 0.500. The second-order valence-electron chi connectivity index (χ2n) is 0.943. The number of hydrogen-bond acceptors (Lipinski definition) is 2. The maximum absolute atomic E-state index is 5.07. The minimum absolute atomic E-state index is 0.594. The molecule has 0 aliphatic heterocycles. The Kier molecular flexibility index (Phi) is 4.40. The Morgan fingerprint density at radius 1 is 1.00 bits per heavy atom. The van der Waals surface area contributed by atoms with E-state index in [1.807, 2.05) is 12.2 Å². The minimum Gasteiger partial charge on any atom is -0.327 e. The van der Waals surface area contributed by atoms with E-state index in [-0.39, 0.29) is 0 Å². The number of hydrogen-bond donors (Lipinski definition) is 2. The van der Waals surface area contributed by atoms with Crippen molar-refractivity contribution in [1.82, 2.24) is 0 Å². The molecular weight excluding hydrogens is 76.1 g/mol. The Morgan fingerprint density at radius 2 is 1.33 bits per heavy atom. The molecule has 0 saturated carbocycles. The fourth-order valence-corrected chi connectivity index (χ4v) is 0.192. The molecule has 0 atom stereocenters. The summed E-state index contributed by atoms with van der Waals surface area (Å²) in [7, 11) is 0. The maximum atomic E-state index is 5.07. The number of nitrogens with two attached hydrogens (primary N) is 2. The Hall–Kier alpha value is -0.340. The molecule has 0 fully saturated rings. The van der Waals surface area contributed by atoms with Crippen LogP contribution in [0, 0.1) is 0 Å². The predicted octanol–water partition coefficient (Wildman–Crippen LogP) is -0.540. The predicted molar refractivity (Wildman–Crippen MR) is 27.2 cm³/mol. The first kappa shape index (κ1) is 5.66. The van der Waals surface area contributed by atoms with Crippen molar-refractivity contribution in [3.63, 3.8) is 0 Å². The highest BCUT2D eigenvalue weighted by Crippen LogP contribution is 1.58. The van der Waals surface area contributed by atoms with Crippen molar-refractivity contribution in [1.29, 1.82) is 0 Å². The van der Waals surface area contributed by atoms with Gasteiger partial charge in [0.2, 0.25) is 0 Å². The highest BCUT2D eigenvalue weighted by Gasteiger charge is 1.59. The van der Waals surface area contributed by atoms with Gasteiger partial charge in [0.1, 0.15) is 0 Å². The van der Waals surface area contributed by atoms with E-state index in [1.165, 1.54) is 0 Å². The van der Waals surface area contributed by atoms with E-state index < -0.39 is 0 Å². The Balaban J connectivity index is 2.73. The lowest BCUT2D eigenvalue weighted by atomic mass is 10.5. The Bertz CT molecular complexity index is 34.8. The molecule has 0 aromatic heterocycles. The van der Waals surface area contributed by atoms with E-state index in [0.717, 1.165) is 0 Å². The molecule has 4 N–H and O–H groups in total. The van der Waals surface area contributed by atoms with Gasteiger partial charge in [-0.05, 0) is 0 Å². The van der Waals surface area contributed by atoms with E-state index in [0.29, 0.717) is 13.1 Å². The molecule has 36 valence electrons. The molecule has 0 aromatic carbocycles. The molecule has 0 radical (unpaired) electrons. The van der Waals surface area contributed by atoms with Crippen LogP contribution >= 0.6 is 0 Å². The molecule has 0 rings (SSSR count). The van der Waals surface area contributed by atoms with Crippen molar-refractivity contribution in [2.75, 3.05) is 13.1 Å². The smallest absolute Gasteiger partial charge is 0.0107 e. The summed E-state index contributed by atoms with van der Waals surface area (Å²) in [6, 6.07) is 0.